The van der Waals surface area contributed by atoms with Gasteiger partial charge in [-0.15, -0.1) is 0 Å². The van der Waals surface area contributed by atoms with Crippen LogP contribution in [-0.2, 0) is 27.1 Å². The van der Waals surface area contributed by atoms with Crippen molar-refractivity contribution in [3.05, 3.63) is 41.3 Å². The SMILES string of the molecule is COC[C@@H](F)CN(CCCCc1ccc2c(n1)NCCC2)CC[C@H](Nc1ncc(C)cn1)C(=O)OC(C)(C)C. The molecule has 0 amide bonds. The van der Waals surface area contributed by atoms with Crippen molar-refractivity contribution in [1.29, 1.82) is 0 Å². The summed E-state index contributed by atoms with van der Waals surface area (Å²) in [6.45, 7) is 9.86. The van der Waals surface area contributed by atoms with Gasteiger partial charge in [0, 0.05) is 44.8 Å². The summed E-state index contributed by atoms with van der Waals surface area (Å²) in [5.41, 5.74) is 2.65. The molecule has 39 heavy (non-hydrogen) atoms. The van der Waals surface area contributed by atoms with Crippen molar-refractivity contribution in [3.8, 4) is 0 Å². The van der Waals surface area contributed by atoms with Crippen molar-refractivity contribution in [1.82, 2.24) is 19.9 Å². The van der Waals surface area contributed by atoms with Crippen molar-refractivity contribution in [2.24, 2.45) is 0 Å². The van der Waals surface area contributed by atoms with Gasteiger partial charge in [-0.3, -0.25) is 0 Å². The zero-order valence-electron chi connectivity index (χ0n) is 24.1. The monoisotopic (exact) mass is 544 g/mol. The number of unbranched alkanes of at least 4 members (excludes halogenated alkanes) is 1. The van der Waals surface area contributed by atoms with Gasteiger partial charge in [0.15, 0.2) is 0 Å². The molecule has 216 valence electrons. The molecule has 0 saturated heterocycles. The quantitative estimate of drug-likeness (QED) is 0.250. The van der Waals surface area contributed by atoms with E-state index in [1.54, 1.807) is 12.4 Å². The van der Waals surface area contributed by atoms with Crippen LogP contribution in [0.5, 0.6) is 0 Å². The van der Waals surface area contributed by atoms with Gasteiger partial charge in [0.05, 0.1) is 6.61 Å². The summed E-state index contributed by atoms with van der Waals surface area (Å²) >= 11 is 0. The molecule has 10 heteroatoms. The van der Waals surface area contributed by atoms with E-state index in [9.17, 15) is 9.18 Å². The second-order valence-electron chi connectivity index (χ2n) is 11.3. The third-order valence-electron chi connectivity index (χ3n) is 6.42. The molecule has 2 N–H and O–H groups in total. The zero-order valence-corrected chi connectivity index (χ0v) is 24.1. The number of nitrogens with zero attached hydrogens (tertiary/aromatic N) is 4. The van der Waals surface area contributed by atoms with Gasteiger partial charge < -0.3 is 25.0 Å². The van der Waals surface area contributed by atoms with Crippen LogP contribution in [0.4, 0.5) is 16.2 Å². The van der Waals surface area contributed by atoms with E-state index in [2.05, 4.69) is 37.6 Å². The summed E-state index contributed by atoms with van der Waals surface area (Å²) in [6.07, 6.45) is 7.61. The Kier molecular flexibility index (Phi) is 11.9. The molecule has 0 aliphatic carbocycles. The maximum absolute atomic E-state index is 14.6. The van der Waals surface area contributed by atoms with Gasteiger partial charge in [-0.2, -0.15) is 0 Å². The van der Waals surface area contributed by atoms with Crippen molar-refractivity contribution in [2.75, 3.05) is 50.5 Å². The first kappa shape index (κ1) is 30.7. The summed E-state index contributed by atoms with van der Waals surface area (Å²) in [5, 5.41) is 6.51. The number of ether oxygens (including phenoxy) is 2. The van der Waals surface area contributed by atoms with Gasteiger partial charge in [-0.1, -0.05) is 6.07 Å². The standard InChI is InChI=1S/C29H45FN6O3/c1-21-17-32-28(33-18-21)35-25(27(37)39-29(2,3)4)13-16-36(19-23(30)20-38-5)15-7-6-10-24-12-11-22-9-8-14-31-26(22)34-24/h11-12,17-18,23,25H,6-10,13-16,19-20H2,1-5H3,(H,31,34)(H,32,33,35)/t23-,25-/m0/s1. The van der Waals surface area contributed by atoms with Gasteiger partial charge in [0.25, 0.3) is 0 Å². The number of anilines is 2. The molecule has 3 rings (SSSR count). The summed E-state index contributed by atoms with van der Waals surface area (Å²) in [5.74, 6) is 0.990. The number of methoxy groups -OCH3 is 1. The smallest absolute Gasteiger partial charge is 0.329 e. The number of carbonyl (C=O) groups excluding carboxylic acids is 1. The van der Waals surface area contributed by atoms with Gasteiger partial charge in [-0.25, -0.2) is 24.1 Å². The lowest BCUT2D eigenvalue weighted by Crippen LogP contribution is -2.41. The highest BCUT2D eigenvalue weighted by Crippen LogP contribution is 2.20. The van der Waals surface area contributed by atoms with Crippen molar-refractivity contribution >= 4 is 17.7 Å². The molecule has 1 aliphatic rings. The van der Waals surface area contributed by atoms with Crippen LogP contribution in [0.3, 0.4) is 0 Å². The highest BCUT2D eigenvalue weighted by molar-refractivity contribution is 5.79. The highest BCUT2D eigenvalue weighted by atomic mass is 19.1. The summed E-state index contributed by atoms with van der Waals surface area (Å²) in [7, 11) is 1.50. The number of hydrogen-bond acceptors (Lipinski definition) is 9. The van der Waals surface area contributed by atoms with Crippen LogP contribution in [0, 0.1) is 6.92 Å². The predicted octanol–water partition coefficient (Wildman–Crippen LogP) is 4.36. The van der Waals surface area contributed by atoms with Crippen LogP contribution in [0.2, 0.25) is 0 Å². The van der Waals surface area contributed by atoms with Gasteiger partial charge >= 0.3 is 5.97 Å². The Hall–Kier alpha value is -2.85. The predicted molar refractivity (Wildman–Crippen MR) is 152 cm³/mol. The summed E-state index contributed by atoms with van der Waals surface area (Å²) in [6, 6.07) is 3.63. The Morgan fingerprint density at radius 2 is 1.97 bits per heavy atom. The van der Waals surface area contributed by atoms with Crippen molar-refractivity contribution < 1.29 is 18.7 Å². The topological polar surface area (TPSA) is 102 Å². The molecule has 0 bridgehead atoms. The van der Waals surface area contributed by atoms with E-state index in [0.29, 0.717) is 25.5 Å². The van der Waals surface area contributed by atoms with Gasteiger partial charge in [-0.05, 0) is 90.0 Å². The number of nitrogens with one attached hydrogen (secondary N) is 2. The summed E-state index contributed by atoms with van der Waals surface area (Å²) < 4.78 is 25.2. The third kappa shape index (κ3) is 11.0. The fraction of sp³-hybridized carbons (Fsp3) is 0.655. The van der Waals surface area contributed by atoms with E-state index in [0.717, 1.165) is 55.7 Å². The fourth-order valence-corrected chi connectivity index (χ4v) is 4.51. The minimum absolute atomic E-state index is 0.0352. The molecule has 0 spiro atoms. The van der Waals surface area contributed by atoms with Crippen LogP contribution in [-0.4, -0.2) is 83.5 Å². The number of esters is 1. The molecular formula is C29H45FN6O3. The zero-order chi connectivity index (χ0) is 28.3. The van der Waals surface area contributed by atoms with E-state index in [-0.39, 0.29) is 19.1 Å². The van der Waals surface area contributed by atoms with Crippen LogP contribution in [0.25, 0.3) is 0 Å². The van der Waals surface area contributed by atoms with Crippen LogP contribution in [0.1, 0.15) is 63.3 Å². The maximum Gasteiger partial charge on any atom is 0.329 e. The lowest BCUT2D eigenvalue weighted by molar-refractivity contribution is -0.156. The Morgan fingerprint density at radius 3 is 2.69 bits per heavy atom. The number of aryl methyl sites for hydroxylation is 3. The minimum atomic E-state index is -1.11. The number of fused-ring (bicyclic) bond motifs is 1. The number of pyridine rings is 1. The normalized spacial score (nSPS) is 14.8. The molecule has 9 nitrogen and oxygen atoms in total. The van der Waals surface area contributed by atoms with Crippen LogP contribution < -0.4 is 10.6 Å². The molecule has 0 radical (unpaired) electrons. The van der Waals surface area contributed by atoms with Gasteiger partial charge in [0.2, 0.25) is 5.95 Å². The third-order valence-corrected chi connectivity index (χ3v) is 6.42. The first-order valence-corrected chi connectivity index (χ1v) is 14.0. The van der Waals surface area contributed by atoms with E-state index < -0.39 is 17.8 Å². The van der Waals surface area contributed by atoms with Crippen molar-refractivity contribution in [3.63, 3.8) is 0 Å². The average molecular weight is 545 g/mol. The first-order valence-electron chi connectivity index (χ1n) is 14.0. The highest BCUT2D eigenvalue weighted by Gasteiger charge is 2.27. The largest absolute Gasteiger partial charge is 0.458 e. The first-order chi connectivity index (χ1) is 18.6. The number of aromatic nitrogens is 3. The molecule has 2 aromatic heterocycles. The number of halogens is 1. The minimum Gasteiger partial charge on any atom is -0.458 e. The molecule has 0 unspecified atom stereocenters. The van der Waals surface area contributed by atoms with Gasteiger partial charge in [0.1, 0.15) is 23.6 Å². The molecule has 2 atom stereocenters. The molecule has 3 heterocycles. The fourth-order valence-electron chi connectivity index (χ4n) is 4.51. The number of hydrogen-bond donors (Lipinski definition) is 2. The van der Waals surface area contributed by atoms with E-state index in [1.807, 2.05) is 27.7 Å². The van der Waals surface area contributed by atoms with Crippen LogP contribution >= 0.6 is 0 Å². The summed E-state index contributed by atoms with van der Waals surface area (Å²) in [4.78, 5) is 28.4. The molecule has 0 saturated carbocycles. The Labute approximate surface area is 232 Å². The lowest BCUT2D eigenvalue weighted by atomic mass is 10.1. The molecule has 2 aromatic rings. The Balaban J connectivity index is 1.59. The van der Waals surface area contributed by atoms with Crippen LogP contribution in [0.15, 0.2) is 24.5 Å². The number of rotatable bonds is 15. The number of carbonyl (C=O) groups is 1. The molecule has 0 fully saturated rings. The second-order valence-corrected chi connectivity index (χ2v) is 11.3. The maximum atomic E-state index is 14.6. The second kappa shape index (κ2) is 15.1. The van der Waals surface area contributed by atoms with Crippen molar-refractivity contribution in [2.45, 2.75) is 84.0 Å². The average Bonchev–Trinajstić information content (AvgIpc) is 2.88. The molecule has 1 aliphatic heterocycles. The molecule has 0 aromatic carbocycles. The Morgan fingerprint density at radius 1 is 1.21 bits per heavy atom. The Bertz CT molecular complexity index is 1030. The van der Waals surface area contributed by atoms with E-state index in [1.165, 1.54) is 12.7 Å². The van der Waals surface area contributed by atoms with E-state index >= 15 is 0 Å². The molecular weight excluding hydrogens is 499 g/mol. The lowest BCUT2D eigenvalue weighted by Gasteiger charge is -2.28. The number of alkyl halides is 1. The van der Waals surface area contributed by atoms with E-state index in [4.69, 9.17) is 14.5 Å².